The van der Waals surface area contributed by atoms with Crippen molar-refractivity contribution in [1.29, 1.82) is 0 Å². The van der Waals surface area contributed by atoms with E-state index in [-0.39, 0.29) is 36.4 Å². The van der Waals surface area contributed by atoms with Gasteiger partial charge in [0.25, 0.3) is 0 Å². The second-order valence-electron chi connectivity index (χ2n) is 7.28. The highest BCUT2D eigenvalue weighted by Gasteiger charge is 2.30. The Kier molecular flexibility index (Phi) is 12.1. The second-order valence-corrected chi connectivity index (χ2v) is 7.28. The van der Waals surface area contributed by atoms with Gasteiger partial charge >= 0.3 is 6.36 Å². The smallest absolute Gasteiger partial charge is 0.492 e. The molecule has 2 aromatic rings. The summed E-state index contributed by atoms with van der Waals surface area (Å²) in [4.78, 5) is 4.75. The Bertz CT molecular complexity index is 769. The average molecular weight is 499 g/mol. The lowest BCUT2D eigenvalue weighted by Crippen LogP contribution is -2.47. The molecule has 0 amide bonds. The average Bonchev–Trinajstić information content (AvgIpc) is 2.71. The van der Waals surface area contributed by atoms with Crippen molar-refractivity contribution in [3.63, 3.8) is 0 Å². The number of piperazine rings is 1. The van der Waals surface area contributed by atoms with E-state index in [1.54, 1.807) is 24.3 Å². The molecule has 1 saturated heterocycles. The molecule has 10 heteroatoms. The topological polar surface area (TPSA) is 24.9 Å². The molecule has 2 aromatic carbocycles. The quantitative estimate of drug-likeness (QED) is 0.443. The highest BCUT2D eigenvalue weighted by molar-refractivity contribution is 5.85. The Morgan fingerprint density at radius 1 is 0.750 bits per heavy atom. The monoisotopic (exact) mass is 498 g/mol. The van der Waals surface area contributed by atoms with Crippen LogP contribution in [0.3, 0.4) is 0 Å². The third kappa shape index (κ3) is 10.3. The van der Waals surface area contributed by atoms with E-state index in [4.69, 9.17) is 4.74 Å². The molecule has 0 bridgehead atoms. The van der Waals surface area contributed by atoms with E-state index in [0.29, 0.717) is 12.4 Å². The van der Waals surface area contributed by atoms with Crippen LogP contribution in [-0.2, 0) is 6.42 Å². The summed E-state index contributed by atoms with van der Waals surface area (Å²) < 4.78 is 59.0. The Hall–Kier alpha value is -1.74. The van der Waals surface area contributed by atoms with Crippen LogP contribution in [-0.4, -0.2) is 62.0 Å². The lowest BCUT2D eigenvalue weighted by atomic mass is 10.1. The van der Waals surface area contributed by atoms with Crippen molar-refractivity contribution >= 4 is 24.8 Å². The molecule has 0 spiro atoms. The van der Waals surface area contributed by atoms with Gasteiger partial charge in [0.1, 0.15) is 23.9 Å². The van der Waals surface area contributed by atoms with E-state index in [1.807, 2.05) is 0 Å². The number of hydrogen-bond donors (Lipinski definition) is 0. The number of ether oxygens (including phenoxy) is 2. The number of nitrogens with zero attached hydrogens (tertiary/aromatic N) is 2. The van der Waals surface area contributed by atoms with Crippen LogP contribution in [0.4, 0.5) is 17.6 Å². The summed E-state index contributed by atoms with van der Waals surface area (Å²) in [6.07, 6.45) is -2.89. The number of rotatable bonds is 9. The molecule has 180 valence electrons. The van der Waals surface area contributed by atoms with Crippen LogP contribution in [0.2, 0.25) is 0 Å². The first-order chi connectivity index (χ1) is 14.4. The molecule has 32 heavy (non-hydrogen) atoms. The molecule has 3 rings (SSSR count). The minimum absolute atomic E-state index is 0. The van der Waals surface area contributed by atoms with Gasteiger partial charge in [-0.15, -0.1) is 38.0 Å². The molecule has 0 atom stereocenters. The fraction of sp³-hybridized carbons (Fsp3) is 0.455. The standard InChI is InChI=1S/C22H26F4N2O2.2ClH/c23-19-5-9-20(10-6-19)29-17-16-28-14-12-27(13-15-28)11-1-2-18-3-7-21(8-4-18)30-22(24,25)26;;/h3-10H,1-2,11-17H2;2*1H. The Labute approximate surface area is 198 Å². The van der Waals surface area contributed by atoms with Crippen LogP contribution in [0.15, 0.2) is 48.5 Å². The van der Waals surface area contributed by atoms with Crippen molar-refractivity contribution in [2.75, 3.05) is 45.9 Å². The third-order valence-corrected chi connectivity index (χ3v) is 5.05. The van der Waals surface area contributed by atoms with Gasteiger partial charge in [0.05, 0.1) is 0 Å². The van der Waals surface area contributed by atoms with Crippen molar-refractivity contribution in [1.82, 2.24) is 9.80 Å². The number of halogens is 6. The zero-order chi connectivity index (χ0) is 21.4. The van der Waals surface area contributed by atoms with E-state index in [9.17, 15) is 17.6 Å². The fourth-order valence-corrected chi connectivity index (χ4v) is 3.42. The summed E-state index contributed by atoms with van der Waals surface area (Å²) in [6.45, 7) is 6.26. The highest BCUT2D eigenvalue weighted by atomic mass is 35.5. The molecule has 0 saturated carbocycles. The maximum absolute atomic E-state index is 12.9. The summed E-state index contributed by atoms with van der Waals surface area (Å²) in [7, 11) is 0. The van der Waals surface area contributed by atoms with E-state index < -0.39 is 6.36 Å². The molecule has 0 N–H and O–H groups in total. The summed E-state index contributed by atoms with van der Waals surface area (Å²) >= 11 is 0. The van der Waals surface area contributed by atoms with Gasteiger partial charge in [-0.1, -0.05) is 12.1 Å². The largest absolute Gasteiger partial charge is 0.573 e. The lowest BCUT2D eigenvalue weighted by Gasteiger charge is -2.34. The third-order valence-electron chi connectivity index (χ3n) is 5.05. The SMILES string of the molecule is Cl.Cl.Fc1ccc(OCCN2CCN(CCCc3ccc(OC(F)(F)F)cc3)CC2)cc1. The predicted octanol–water partition coefficient (Wildman–Crippen LogP) is 5.20. The van der Waals surface area contributed by atoms with Crippen molar-refractivity contribution in [2.24, 2.45) is 0 Å². The summed E-state index contributed by atoms with van der Waals surface area (Å²) in [5.74, 6) is 0.213. The van der Waals surface area contributed by atoms with Crippen LogP contribution in [0.1, 0.15) is 12.0 Å². The maximum atomic E-state index is 12.9. The van der Waals surface area contributed by atoms with Crippen molar-refractivity contribution < 1.29 is 27.0 Å². The van der Waals surface area contributed by atoms with Gasteiger partial charge < -0.3 is 14.4 Å². The lowest BCUT2D eigenvalue weighted by molar-refractivity contribution is -0.274. The summed E-state index contributed by atoms with van der Waals surface area (Å²) in [6, 6.07) is 12.1. The van der Waals surface area contributed by atoms with E-state index in [1.165, 1.54) is 24.3 Å². The Morgan fingerprint density at radius 3 is 1.84 bits per heavy atom. The number of benzene rings is 2. The van der Waals surface area contributed by atoms with Crippen molar-refractivity contribution in [2.45, 2.75) is 19.2 Å². The first-order valence-corrected chi connectivity index (χ1v) is 10.1. The normalized spacial score (nSPS) is 14.9. The molecule has 0 radical (unpaired) electrons. The van der Waals surface area contributed by atoms with Gasteiger partial charge in [0, 0.05) is 32.7 Å². The van der Waals surface area contributed by atoms with Crippen LogP contribution < -0.4 is 9.47 Å². The van der Waals surface area contributed by atoms with E-state index in [0.717, 1.165) is 57.7 Å². The van der Waals surface area contributed by atoms with Crippen molar-refractivity contribution in [3.05, 3.63) is 59.9 Å². The molecular weight excluding hydrogens is 471 g/mol. The molecule has 1 fully saturated rings. The highest BCUT2D eigenvalue weighted by Crippen LogP contribution is 2.23. The Balaban J connectivity index is 0.00000256. The van der Waals surface area contributed by atoms with Gasteiger partial charge in [0.15, 0.2) is 0 Å². The van der Waals surface area contributed by atoms with Gasteiger partial charge in [-0.3, -0.25) is 4.90 Å². The number of aryl methyl sites for hydroxylation is 1. The first kappa shape index (κ1) is 28.3. The second kappa shape index (κ2) is 13.7. The van der Waals surface area contributed by atoms with Gasteiger partial charge in [-0.2, -0.15) is 0 Å². The summed E-state index contributed by atoms with van der Waals surface area (Å²) in [5, 5.41) is 0. The number of alkyl halides is 3. The first-order valence-electron chi connectivity index (χ1n) is 10.1. The molecule has 0 aliphatic carbocycles. The summed E-state index contributed by atoms with van der Waals surface area (Å²) in [5.41, 5.74) is 1.00. The predicted molar refractivity (Wildman–Crippen MR) is 121 cm³/mol. The van der Waals surface area contributed by atoms with Gasteiger partial charge in [-0.05, 0) is 61.3 Å². The van der Waals surface area contributed by atoms with E-state index >= 15 is 0 Å². The van der Waals surface area contributed by atoms with Crippen LogP contribution in [0, 0.1) is 5.82 Å². The minimum Gasteiger partial charge on any atom is -0.492 e. The molecule has 1 heterocycles. The molecule has 4 nitrogen and oxygen atoms in total. The van der Waals surface area contributed by atoms with Crippen LogP contribution >= 0.6 is 24.8 Å². The van der Waals surface area contributed by atoms with Crippen molar-refractivity contribution in [3.8, 4) is 11.5 Å². The van der Waals surface area contributed by atoms with Gasteiger partial charge in [0.2, 0.25) is 0 Å². The zero-order valence-electron chi connectivity index (χ0n) is 17.5. The number of hydrogen-bond acceptors (Lipinski definition) is 4. The van der Waals surface area contributed by atoms with Crippen LogP contribution in [0.5, 0.6) is 11.5 Å². The maximum Gasteiger partial charge on any atom is 0.573 e. The molecule has 1 aliphatic heterocycles. The molecule has 1 aliphatic rings. The minimum atomic E-state index is -4.66. The zero-order valence-corrected chi connectivity index (χ0v) is 19.2. The molecule has 0 unspecified atom stereocenters. The van der Waals surface area contributed by atoms with E-state index in [2.05, 4.69) is 14.5 Å². The molecule has 0 aromatic heterocycles. The molecular formula is C22H28Cl2F4N2O2. The fourth-order valence-electron chi connectivity index (χ4n) is 3.42. The Morgan fingerprint density at radius 2 is 1.28 bits per heavy atom. The van der Waals surface area contributed by atoms with Gasteiger partial charge in [-0.25, -0.2) is 4.39 Å². The van der Waals surface area contributed by atoms with Crippen LogP contribution in [0.25, 0.3) is 0 Å².